The normalized spacial score (nSPS) is 11.6. The van der Waals surface area contributed by atoms with Gasteiger partial charge in [-0.15, -0.1) is 0 Å². The van der Waals surface area contributed by atoms with Gasteiger partial charge in [-0.3, -0.25) is 9.52 Å². The van der Waals surface area contributed by atoms with Crippen LogP contribution in [0.2, 0.25) is 5.02 Å². The fourth-order valence-corrected chi connectivity index (χ4v) is 3.53. The highest BCUT2D eigenvalue weighted by molar-refractivity contribution is 7.93. The zero-order chi connectivity index (χ0) is 22.9. The smallest absolute Gasteiger partial charge is 0.324 e. The van der Waals surface area contributed by atoms with Gasteiger partial charge in [0.05, 0.1) is 16.0 Å². The Morgan fingerprint density at radius 2 is 1.84 bits per heavy atom. The zero-order valence-corrected chi connectivity index (χ0v) is 19.4. The molecule has 0 aliphatic heterocycles. The standard InChI is InChI=1S/C21H23ClN4O4S/c1-12(2)31(28,29)25-19-10-17(15-9-14(4)20(27)26(5)11-15)23-21(24-19)30-18-8-13(3)6-7-16(18)22/h6-12H,1-5H3,(H,23,24,25). The van der Waals surface area contributed by atoms with Crippen LogP contribution in [0.1, 0.15) is 25.0 Å². The molecule has 0 saturated heterocycles. The Kier molecular flexibility index (Phi) is 6.38. The highest BCUT2D eigenvalue weighted by Crippen LogP contribution is 2.31. The largest absolute Gasteiger partial charge is 0.423 e. The average molecular weight is 463 g/mol. The van der Waals surface area contributed by atoms with Gasteiger partial charge in [0.2, 0.25) is 10.0 Å². The summed E-state index contributed by atoms with van der Waals surface area (Å²) in [7, 11) is -2.02. The maximum absolute atomic E-state index is 12.4. The Hall–Kier alpha value is -2.91. The number of hydrogen-bond donors (Lipinski definition) is 1. The molecule has 0 bridgehead atoms. The SMILES string of the molecule is Cc1ccc(Cl)c(Oc2nc(NS(=O)(=O)C(C)C)cc(-c3cc(C)c(=O)n(C)c3)n2)c1. The van der Waals surface area contributed by atoms with Gasteiger partial charge >= 0.3 is 6.01 Å². The van der Waals surface area contributed by atoms with Crippen molar-refractivity contribution in [2.75, 3.05) is 4.72 Å². The van der Waals surface area contributed by atoms with Crippen molar-refractivity contribution in [1.82, 2.24) is 14.5 Å². The molecule has 8 nitrogen and oxygen atoms in total. The van der Waals surface area contributed by atoms with Crippen molar-refractivity contribution < 1.29 is 13.2 Å². The van der Waals surface area contributed by atoms with Gasteiger partial charge < -0.3 is 9.30 Å². The second kappa shape index (κ2) is 8.68. The van der Waals surface area contributed by atoms with Crippen LogP contribution < -0.4 is 15.0 Å². The number of pyridine rings is 1. The van der Waals surface area contributed by atoms with E-state index in [-0.39, 0.29) is 17.4 Å². The first-order chi connectivity index (χ1) is 14.5. The van der Waals surface area contributed by atoms with E-state index < -0.39 is 15.3 Å². The second-order valence-corrected chi connectivity index (χ2v) is 10.1. The van der Waals surface area contributed by atoms with E-state index in [1.54, 1.807) is 52.2 Å². The quantitative estimate of drug-likeness (QED) is 0.592. The minimum absolute atomic E-state index is 0.0454. The molecule has 0 aliphatic rings. The highest BCUT2D eigenvalue weighted by atomic mass is 35.5. The summed E-state index contributed by atoms with van der Waals surface area (Å²) in [5.41, 5.74) is 2.29. The number of sulfonamides is 1. The van der Waals surface area contributed by atoms with Crippen LogP contribution in [0.15, 0.2) is 41.3 Å². The number of rotatable bonds is 6. The predicted molar refractivity (Wildman–Crippen MR) is 121 cm³/mol. The van der Waals surface area contributed by atoms with Crippen molar-refractivity contribution >= 4 is 27.4 Å². The van der Waals surface area contributed by atoms with E-state index in [0.717, 1.165) is 5.56 Å². The summed E-state index contributed by atoms with van der Waals surface area (Å²) in [6.07, 6.45) is 1.61. The fraction of sp³-hybridized carbons (Fsp3) is 0.286. The van der Waals surface area contributed by atoms with E-state index in [1.165, 1.54) is 10.6 Å². The Labute approximate surface area is 185 Å². The van der Waals surface area contributed by atoms with Gasteiger partial charge in [-0.1, -0.05) is 17.7 Å². The van der Waals surface area contributed by atoms with Crippen molar-refractivity contribution in [2.45, 2.75) is 32.9 Å². The number of nitrogens with one attached hydrogen (secondary N) is 1. The highest BCUT2D eigenvalue weighted by Gasteiger charge is 2.19. The Bertz CT molecular complexity index is 1280. The lowest BCUT2D eigenvalue weighted by Gasteiger charge is -2.14. The summed E-state index contributed by atoms with van der Waals surface area (Å²) in [4.78, 5) is 20.7. The van der Waals surface area contributed by atoms with Crippen LogP contribution in [0.4, 0.5) is 5.82 Å². The maximum Gasteiger partial charge on any atom is 0.324 e. The van der Waals surface area contributed by atoms with Crippen LogP contribution in [0, 0.1) is 13.8 Å². The molecular weight excluding hydrogens is 440 g/mol. The maximum atomic E-state index is 12.4. The third kappa shape index (κ3) is 5.23. The number of halogens is 1. The van der Waals surface area contributed by atoms with Crippen LogP contribution in [-0.2, 0) is 17.1 Å². The molecule has 0 unspecified atom stereocenters. The number of aryl methyl sites for hydroxylation is 3. The summed E-state index contributed by atoms with van der Waals surface area (Å²) in [6.45, 7) is 6.70. The molecule has 2 aromatic heterocycles. The first-order valence-electron chi connectivity index (χ1n) is 9.48. The number of benzene rings is 1. The fourth-order valence-electron chi connectivity index (χ4n) is 2.74. The van der Waals surface area contributed by atoms with Gasteiger partial charge in [-0.2, -0.15) is 9.97 Å². The number of ether oxygens (including phenoxy) is 1. The first-order valence-corrected chi connectivity index (χ1v) is 11.4. The molecule has 164 valence electrons. The van der Waals surface area contributed by atoms with Crippen LogP contribution >= 0.6 is 11.6 Å². The van der Waals surface area contributed by atoms with Crippen molar-refractivity contribution in [3.05, 3.63) is 63.0 Å². The van der Waals surface area contributed by atoms with Crippen molar-refractivity contribution in [3.63, 3.8) is 0 Å². The lowest BCUT2D eigenvalue weighted by atomic mass is 10.1. The lowest BCUT2D eigenvalue weighted by molar-refractivity contribution is 0.443. The first kappa shape index (κ1) is 22.8. The van der Waals surface area contributed by atoms with E-state index in [1.807, 2.05) is 13.0 Å². The third-order valence-electron chi connectivity index (χ3n) is 4.52. The third-order valence-corrected chi connectivity index (χ3v) is 6.57. The average Bonchev–Trinajstić information content (AvgIpc) is 2.68. The summed E-state index contributed by atoms with van der Waals surface area (Å²) in [6, 6.07) is 8.33. The van der Waals surface area contributed by atoms with Gasteiger partial charge in [0.25, 0.3) is 5.56 Å². The second-order valence-electron chi connectivity index (χ2n) is 7.48. The van der Waals surface area contributed by atoms with Crippen molar-refractivity contribution in [1.29, 1.82) is 0 Å². The molecule has 0 radical (unpaired) electrons. The van der Waals surface area contributed by atoms with Gasteiger partial charge in [-0.05, 0) is 51.5 Å². The summed E-state index contributed by atoms with van der Waals surface area (Å²) < 4.78 is 34.5. The Balaban J connectivity index is 2.14. The molecule has 0 spiro atoms. The molecule has 2 heterocycles. The summed E-state index contributed by atoms with van der Waals surface area (Å²) in [5.74, 6) is 0.386. The molecule has 0 saturated carbocycles. The molecule has 0 fully saturated rings. The molecule has 3 aromatic rings. The van der Waals surface area contributed by atoms with E-state index in [4.69, 9.17) is 16.3 Å². The molecule has 10 heteroatoms. The molecule has 0 atom stereocenters. The van der Waals surface area contributed by atoms with Crippen LogP contribution in [-0.4, -0.2) is 28.2 Å². The van der Waals surface area contributed by atoms with E-state index in [2.05, 4.69) is 14.7 Å². The van der Waals surface area contributed by atoms with Crippen LogP contribution in [0.5, 0.6) is 11.8 Å². The van der Waals surface area contributed by atoms with E-state index >= 15 is 0 Å². The lowest BCUT2D eigenvalue weighted by Crippen LogP contribution is -2.23. The molecule has 1 N–H and O–H groups in total. The molecular formula is C21H23ClN4O4S. The zero-order valence-electron chi connectivity index (χ0n) is 17.8. The van der Waals surface area contributed by atoms with Gasteiger partial charge in [-0.25, -0.2) is 8.42 Å². The molecule has 0 amide bonds. The number of hydrogen-bond acceptors (Lipinski definition) is 6. The number of nitrogens with zero attached hydrogens (tertiary/aromatic N) is 3. The Morgan fingerprint density at radius 3 is 2.48 bits per heavy atom. The topological polar surface area (TPSA) is 103 Å². The monoisotopic (exact) mass is 462 g/mol. The van der Waals surface area contributed by atoms with Crippen LogP contribution in [0.25, 0.3) is 11.3 Å². The minimum Gasteiger partial charge on any atom is -0.423 e. The number of aromatic nitrogens is 3. The predicted octanol–water partition coefficient (Wildman–Crippen LogP) is 4.05. The van der Waals surface area contributed by atoms with E-state index in [0.29, 0.717) is 27.6 Å². The van der Waals surface area contributed by atoms with Crippen LogP contribution in [0.3, 0.4) is 0 Å². The van der Waals surface area contributed by atoms with Crippen molar-refractivity contribution in [2.24, 2.45) is 7.05 Å². The van der Waals surface area contributed by atoms with Gasteiger partial charge in [0.15, 0.2) is 0 Å². The molecule has 0 aliphatic carbocycles. The summed E-state index contributed by atoms with van der Waals surface area (Å²) in [5, 5.41) is -0.303. The number of anilines is 1. The summed E-state index contributed by atoms with van der Waals surface area (Å²) >= 11 is 6.22. The Morgan fingerprint density at radius 1 is 1.13 bits per heavy atom. The molecule has 31 heavy (non-hydrogen) atoms. The van der Waals surface area contributed by atoms with Gasteiger partial charge in [0, 0.05) is 30.4 Å². The molecule has 1 aromatic carbocycles. The van der Waals surface area contributed by atoms with E-state index in [9.17, 15) is 13.2 Å². The minimum atomic E-state index is -3.65. The van der Waals surface area contributed by atoms with Crippen molar-refractivity contribution in [3.8, 4) is 23.0 Å². The molecule has 3 rings (SSSR count). The van der Waals surface area contributed by atoms with Gasteiger partial charge in [0.1, 0.15) is 11.6 Å².